The lowest BCUT2D eigenvalue weighted by Crippen LogP contribution is -2.29. The Morgan fingerprint density at radius 3 is 3.05 bits per heavy atom. The van der Waals surface area contributed by atoms with Gasteiger partial charge in [0.2, 0.25) is 5.91 Å². The van der Waals surface area contributed by atoms with Crippen molar-refractivity contribution < 1.29 is 4.79 Å². The van der Waals surface area contributed by atoms with Crippen LogP contribution in [0.25, 0.3) is 0 Å². The molecule has 1 fully saturated rings. The van der Waals surface area contributed by atoms with Crippen molar-refractivity contribution in [3.63, 3.8) is 0 Å². The number of aromatic nitrogens is 3. The number of hydrogen-bond donors (Lipinski definition) is 0. The lowest BCUT2D eigenvalue weighted by Gasteiger charge is -2.16. The second-order valence-electron chi connectivity index (χ2n) is 5.28. The van der Waals surface area contributed by atoms with Crippen molar-refractivity contribution in [1.29, 1.82) is 0 Å². The number of hydrogen-bond acceptors (Lipinski definition) is 3. The summed E-state index contributed by atoms with van der Waals surface area (Å²) in [5.74, 6) is 0.194. The van der Waals surface area contributed by atoms with E-state index in [9.17, 15) is 4.79 Å². The van der Waals surface area contributed by atoms with Crippen molar-refractivity contribution in [2.75, 3.05) is 13.1 Å². The minimum Gasteiger partial charge on any atom is -0.340 e. The average molecular weight is 305 g/mol. The van der Waals surface area contributed by atoms with E-state index >= 15 is 0 Å². The van der Waals surface area contributed by atoms with Gasteiger partial charge in [-0.05, 0) is 24.5 Å². The minimum absolute atomic E-state index is 0.194. The van der Waals surface area contributed by atoms with Gasteiger partial charge in [-0.15, -0.1) is 0 Å². The molecule has 2 aromatic heterocycles. The molecular formula is C15H17ClN4O. The summed E-state index contributed by atoms with van der Waals surface area (Å²) >= 11 is 5.89. The van der Waals surface area contributed by atoms with Crippen molar-refractivity contribution in [3.8, 4) is 0 Å². The van der Waals surface area contributed by atoms with Gasteiger partial charge in [0.1, 0.15) is 0 Å². The van der Waals surface area contributed by atoms with E-state index in [4.69, 9.17) is 11.6 Å². The number of likely N-dealkylation sites (tertiary alicyclic amines) is 1. The van der Waals surface area contributed by atoms with Crippen LogP contribution in [0.5, 0.6) is 0 Å². The van der Waals surface area contributed by atoms with E-state index < -0.39 is 0 Å². The van der Waals surface area contributed by atoms with Gasteiger partial charge in [-0.1, -0.05) is 17.7 Å². The monoisotopic (exact) mass is 304 g/mol. The lowest BCUT2D eigenvalue weighted by atomic mass is 10.1. The van der Waals surface area contributed by atoms with Crippen LogP contribution in [0, 0.1) is 0 Å². The Morgan fingerprint density at radius 2 is 2.33 bits per heavy atom. The molecule has 0 bridgehead atoms. The predicted molar refractivity (Wildman–Crippen MR) is 80.0 cm³/mol. The number of halogens is 1. The normalized spacial score (nSPS) is 18.1. The lowest BCUT2D eigenvalue weighted by molar-refractivity contribution is -0.130. The van der Waals surface area contributed by atoms with Gasteiger partial charge in [0.05, 0.1) is 17.3 Å². The Bertz CT molecular complexity index is 613. The van der Waals surface area contributed by atoms with Gasteiger partial charge in [-0.3, -0.25) is 14.5 Å². The SMILES string of the molecule is O=C(CCc1cccnc1)N1CCC(n2cc(Cl)cn2)C1. The molecule has 3 heterocycles. The molecule has 21 heavy (non-hydrogen) atoms. The number of carbonyl (C=O) groups is 1. The molecule has 0 N–H and O–H groups in total. The first-order valence-corrected chi connectivity index (χ1v) is 7.46. The van der Waals surface area contributed by atoms with Crippen LogP contribution in [0.1, 0.15) is 24.4 Å². The molecule has 1 aliphatic rings. The van der Waals surface area contributed by atoms with E-state index in [1.807, 2.05) is 34.1 Å². The summed E-state index contributed by atoms with van der Waals surface area (Å²) in [6.07, 6.45) is 9.19. The predicted octanol–water partition coefficient (Wildman–Crippen LogP) is 2.34. The first kappa shape index (κ1) is 14.1. The zero-order chi connectivity index (χ0) is 14.7. The smallest absolute Gasteiger partial charge is 0.222 e. The van der Waals surface area contributed by atoms with Crippen LogP contribution in [-0.4, -0.2) is 38.7 Å². The summed E-state index contributed by atoms with van der Waals surface area (Å²) < 4.78 is 1.86. The number of carbonyl (C=O) groups excluding carboxylic acids is 1. The quantitative estimate of drug-likeness (QED) is 0.871. The molecule has 6 heteroatoms. The van der Waals surface area contributed by atoms with Gasteiger partial charge >= 0.3 is 0 Å². The Kier molecular flexibility index (Phi) is 4.20. The third kappa shape index (κ3) is 3.42. The molecule has 0 aliphatic carbocycles. The Balaban J connectivity index is 1.52. The molecule has 0 saturated carbocycles. The Morgan fingerprint density at radius 1 is 1.43 bits per heavy atom. The molecule has 0 radical (unpaired) electrons. The zero-order valence-corrected chi connectivity index (χ0v) is 12.4. The average Bonchev–Trinajstić information content (AvgIpc) is 3.14. The molecule has 110 valence electrons. The van der Waals surface area contributed by atoms with Gasteiger partial charge in [0, 0.05) is 38.1 Å². The van der Waals surface area contributed by atoms with Crippen LogP contribution >= 0.6 is 11.6 Å². The highest BCUT2D eigenvalue weighted by Gasteiger charge is 2.27. The molecule has 1 atom stereocenters. The van der Waals surface area contributed by atoms with Crippen LogP contribution in [0.2, 0.25) is 5.02 Å². The molecular weight excluding hydrogens is 288 g/mol. The molecule has 2 aromatic rings. The maximum absolute atomic E-state index is 12.3. The molecule has 0 spiro atoms. The fourth-order valence-electron chi connectivity index (χ4n) is 2.65. The molecule has 5 nitrogen and oxygen atoms in total. The summed E-state index contributed by atoms with van der Waals surface area (Å²) in [4.78, 5) is 18.2. The molecule has 1 saturated heterocycles. The van der Waals surface area contributed by atoms with Gasteiger partial charge in [0.15, 0.2) is 0 Å². The molecule has 1 amide bonds. The number of amides is 1. The van der Waals surface area contributed by atoms with E-state index in [1.54, 1.807) is 12.4 Å². The molecule has 1 unspecified atom stereocenters. The summed E-state index contributed by atoms with van der Waals surface area (Å²) in [5.41, 5.74) is 1.10. The van der Waals surface area contributed by atoms with Gasteiger partial charge < -0.3 is 4.90 Å². The Hall–Kier alpha value is -1.88. The molecule has 3 rings (SSSR count). The Labute approximate surface area is 128 Å². The number of rotatable bonds is 4. The zero-order valence-electron chi connectivity index (χ0n) is 11.7. The van der Waals surface area contributed by atoms with Crippen molar-refractivity contribution in [2.45, 2.75) is 25.3 Å². The number of nitrogens with zero attached hydrogens (tertiary/aromatic N) is 4. The van der Waals surface area contributed by atoms with Gasteiger partial charge in [-0.2, -0.15) is 5.10 Å². The standard InChI is InChI=1S/C15H17ClN4O/c16-13-9-18-20(10-13)14-5-7-19(11-14)15(21)4-3-12-2-1-6-17-8-12/h1-2,6,8-10,14H,3-5,7,11H2. The number of aryl methyl sites for hydroxylation is 1. The summed E-state index contributed by atoms with van der Waals surface area (Å²) in [6.45, 7) is 1.50. The first-order chi connectivity index (χ1) is 10.2. The van der Waals surface area contributed by atoms with Crippen molar-refractivity contribution in [1.82, 2.24) is 19.7 Å². The van der Waals surface area contributed by atoms with E-state index in [0.29, 0.717) is 18.0 Å². The van der Waals surface area contributed by atoms with Crippen molar-refractivity contribution in [3.05, 3.63) is 47.5 Å². The highest BCUT2D eigenvalue weighted by atomic mass is 35.5. The van der Waals surface area contributed by atoms with Crippen LogP contribution < -0.4 is 0 Å². The van der Waals surface area contributed by atoms with Gasteiger partial charge in [-0.25, -0.2) is 0 Å². The second-order valence-corrected chi connectivity index (χ2v) is 5.72. The van der Waals surface area contributed by atoms with Crippen LogP contribution in [0.15, 0.2) is 36.9 Å². The topological polar surface area (TPSA) is 51.0 Å². The highest BCUT2D eigenvalue weighted by Crippen LogP contribution is 2.23. The highest BCUT2D eigenvalue weighted by molar-refractivity contribution is 6.30. The summed E-state index contributed by atoms with van der Waals surface area (Å²) in [7, 11) is 0. The summed E-state index contributed by atoms with van der Waals surface area (Å²) in [5, 5.41) is 4.86. The maximum atomic E-state index is 12.3. The minimum atomic E-state index is 0.194. The largest absolute Gasteiger partial charge is 0.340 e. The fourth-order valence-corrected chi connectivity index (χ4v) is 2.80. The van der Waals surface area contributed by atoms with Crippen molar-refractivity contribution in [2.24, 2.45) is 0 Å². The number of pyridine rings is 1. The van der Waals surface area contributed by atoms with Crippen LogP contribution in [0.3, 0.4) is 0 Å². The fraction of sp³-hybridized carbons (Fsp3) is 0.400. The molecule has 0 aromatic carbocycles. The second kappa shape index (κ2) is 6.26. The van der Waals surface area contributed by atoms with E-state index in [2.05, 4.69) is 10.1 Å². The molecule has 1 aliphatic heterocycles. The third-order valence-corrected chi connectivity index (χ3v) is 4.01. The van der Waals surface area contributed by atoms with Crippen LogP contribution in [0.4, 0.5) is 0 Å². The summed E-state index contributed by atoms with van der Waals surface area (Å²) in [6, 6.07) is 4.13. The van der Waals surface area contributed by atoms with Crippen molar-refractivity contribution >= 4 is 17.5 Å². The van der Waals surface area contributed by atoms with Gasteiger partial charge in [0.25, 0.3) is 0 Å². The van der Waals surface area contributed by atoms with Crippen LogP contribution in [-0.2, 0) is 11.2 Å². The van der Waals surface area contributed by atoms with E-state index in [-0.39, 0.29) is 11.9 Å². The first-order valence-electron chi connectivity index (χ1n) is 7.09. The van der Waals surface area contributed by atoms with E-state index in [1.165, 1.54) is 0 Å². The third-order valence-electron chi connectivity index (χ3n) is 3.81. The maximum Gasteiger partial charge on any atom is 0.222 e. The van der Waals surface area contributed by atoms with E-state index in [0.717, 1.165) is 24.9 Å².